The van der Waals surface area contributed by atoms with E-state index in [0.29, 0.717) is 0 Å². The lowest BCUT2D eigenvalue weighted by Crippen LogP contribution is -2.15. The molecule has 2 rings (SSSR count). The van der Waals surface area contributed by atoms with E-state index in [4.69, 9.17) is 4.74 Å². The quantitative estimate of drug-likeness (QED) is 0.832. The Morgan fingerprint density at radius 1 is 1.00 bits per heavy atom. The third-order valence-corrected chi connectivity index (χ3v) is 3.57. The van der Waals surface area contributed by atoms with Gasteiger partial charge in [-0.15, -0.1) is 0 Å². The summed E-state index contributed by atoms with van der Waals surface area (Å²) in [6.45, 7) is 6.00. The molecule has 2 aromatic rings. The number of carbonyl (C=O) groups is 1. The van der Waals surface area contributed by atoms with Crippen molar-refractivity contribution in [3.8, 4) is 5.75 Å². The summed E-state index contributed by atoms with van der Waals surface area (Å²) < 4.78 is 18.5. The van der Waals surface area contributed by atoms with Gasteiger partial charge in [-0.3, -0.25) is 4.79 Å². The molecule has 0 radical (unpaired) electrons. The fourth-order valence-corrected chi connectivity index (χ4v) is 2.18. The third kappa shape index (κ3) is 3.91. The van der Waals surface area contributed by atoms with Gasteiger partial charge in [0.15, 0.2) is 5.78 Å². The molecule has 0 aliphatic heterocycles. The number of aryl methyl sites for hydroxylation is 2. The van der Waals surface area contributed by atoms with E-state index in [9.17, 15) is 9.18 Å². The maximum absolute atomic E-state index is 12.8. The van der Waals surface area contributed by atoms with Crippen LogP contribution in [0, 0.1) is 26.6 Å². The van der Waals surface area contributed by atoms with Crippen LogP contribution in [0.1, 0.15) is 22.3 Å². The summed E-state index contributed by atoms with van der Waals surface area (Å²) in [6, 6.07) is 9.99. The zero-order chi connectivity index (χ0) is 15.4. The van der Waals surface area contributed by atoms with Crippen molar-refractivity contribution in [2.45, 2.75) is 27.2 Å². The number of halogens is 1. The van der Waals surface area contributed by atoms with Crippen LogP contribution in [-0.4, -0.2) is 12.4 Å². The molecular weight excluding hydrogens is 267 g/mol. The highest BCUT2D eigenvalue weighted by molar-refractivity contribution is 5.82. The average Bonchev–Trinajstić information content (AvgIpc) is 2.45. The predicted octanol–water partition coefficient (Wildman–Crippen LogP) is 3.94. The molecule has 0 saturated heterocycles. The van der Waals surface area contributed by atoms with E-state index >= 15 is 0 Å². The number of carbonyl (C=O) groups excluding carboxylic acids is 1. The maximum atomic E-state index is 12.8. The Kier molecular flexibility index (Phi) is 4.73. The highest BCUT2D eigenvalue weighted by Crippen LogP contribution is 2.25. The molecule has 0 spiro atoms. The molecule has 0 atom stereocenters. The Morgan fingerprint density at radius 2 is 1.62 bits per heavy atom. The molecule has 2 aromatic carbocycles. The molecule has 0 aliphatic rings. The Labute approximate surface area is 124 Å². The average molecular weight is 286 g/mol. The van der Waals surface area contributed by atoms with Gasteiger partial charge in [0, 0.05) is 6.42 Å². The zero-order valence-corrected chi connectivity index (χ0v) is 12.6. The lowest BCUT2D eigenvalue weighted by molar-refractivity contribution is -0.120. The van der Waals surface area contributed by atoms with E-state index in [1.807, 2.05) is 32.9 Å². The number of ether oxygens (including phenoxy) is 1. The van der Waals surface area contributed by atoms with E-state index < -0.39 is 0 Å². The van der Waals surface area contributed by atoms with Gasteiger partial charge in [-0.25, -0.2) is 4.39 Å². The first-order chi connectivity index (χ1) is 9.97. The van der Waals surface area contributed by atoms with Gasteiger partial charge in [0.2, 0.25) is 0 Å². The third-order valence-electron chi connectivity index (χ3n) is 3.57. The van der Waals surface area contributed by atoms with Crippen molar-refractivity contribution < 1.29 is 13.9 Å². The number of Topliss-reactive ketones (excluding diaryl/α,β-unsaturated/α-hetero) is 1. The first-order valence-electron chi connectivity index (χ1n) is 6.93. The molecule has 110 valence electrons. The van der Waals surface area contributed by atoms with Gasteiger partial charge < -0.3 is 4.74 Å². The molecule has 0 bridgehead atoms. The molecule has 0 aromatic heterocycles. The van der Waals surface area contributed by atoms with Gasteiger partial charge in [-0.2, -0.15) is 0 Å². The van der Waals surface area contributed by atoms with Gasteiger partial charge in [-0.05, 0) is 55.2 Å². The SMILES string of the molecule is Cc1ccc(C)c(OCC(=O)Cc2ccc(F)cc2)c1C. The largest absolute Gasteiger partial charge is 0.485 e. The molecule has 0 N–H and O–H groups in total. The van der Waals surface area contributed by atoms with Crippen molar-refractivity contribution in [1.29, 1.82) is 0 Å². The van der Waals surface area contributed by atoms with Crippen LogP contribution in [0.25, 0.3) is 0 Å². The van der Waals surface area contributed by atoms with Crippen molar-refractivity contribution in [2.75, 3.05) is 6.61 Å². The van der Waals surface area contributed by atoms with Crippen LogP contribution in [-0.2, 0) is 11.2 Å². The topological polar surface area (TPSA) is 26.3 Å². The van der Waals surface area contributed by atoms with Crippen molar-refractivity contribution in [1.82, 2.24) is 0 Å². The number of benzene rings is 2. The summed E-state index contributed by atoms with van der Waals surface area (Å²) in [5.41, 5.74) is 4.02. The Balaban J connectivity index is 1.98. The van der Waals surface area contributed by atoms with E-state index in [1.165, 1.54) is 12.1 Å². The van der Waals surface area contributed by atoms with Crippen LogP contribution in [0.3, 0.4) is 0 Å². The second kappa shape index (κ2) is 6.53. The molecular formula is C18H19FO2. The highest BCUT2D eigenvalue weighted by atomic mass is 19.1. The molecule has 21 heavy (non-hydrogen) atoms. The van der Waals surface area contributed by atoms with Crippen molar-refractivity contribution in [3.05, 3.63) is 64.5 Å². The summed E-state index contributed by atoms with van der Waals surface area (Å²) in [5, 5.41) is 0. The Morgan fingerprint density at radius 3 is 2.29 bits per heavy atom. The fraction of sp³-hybridized carbons (Fsp3) is 0.278. The normalized spacial score (nSPS) is 10.5. The van der Waals surface area contributed by atoms with Crippen LogP contribution in [0.4, 0.5) is 4.39 Å². The van der Waals surface area contributed by atoms with Gasteiger partial charge >= 0.3 is 0 Å². The summed E-state index contributed by atoms with van der Waals surface area (Å²) in [5.74, 6) is 0.456. The summed E-state index contributed by atoms with van der Waals surface area (Å²) >= 11 is 0. The minimum atomic E-state index is -0.298. The van der Waals surface area contributed by atoms with Crippen molar-refractivity contribution >= 4 is 5.78 Å². The highest BCUT2D eigenvalue weighted by Gasteiger charge is 2.10. The second-order valence-corrected chi connectivity index (χ2v) is 5.28. The molecule has 0 heterocycles. The standard InChI is InChI=1S/C18H19FO2/c1-12-4-5-13(2)18(14(12)3)21-11-17(20)10-15-6-8-16(19)9-7-15/h4-9H,10-11H2,1-3H3. The first-order valence-corrected chi connectivity index (χ1v) is 6.93. The fourth-order valence-electron chi connectivity index (χ4n) is 2.18. The van der Waals surface area contributed by atoms with Gasteiger partial charge in [0.05, 0.1) is 0 Å². The number of hydrogen-bond donors (Lipinski definition) is 0. The number of rotatable bonds is 5. The predicted molar refractivity (Wildman–Crippen MR) is 81.3 cm³/mol. The van der Waals surface area contributed by atoms with E-state index in [1.54, 1.807) is 12.1 Å². The smallest absolute Gasteiger partial charge is 0.174 e. The molecule has 0 aliphatic carbocycles. The molecule has 2 nitrogen and oxygen atoms in total. The molecule has 3 heteroatoms. The summed E-state index contributed by atoms with van der Waals surface area (Å²) in [7, 11) is 0. The minimum Gasteiger partial charge on any atom is -0.485 e. The lowest BCUT2D eigenvalue weighted by atomic mass is 10.1. The van der Waals surface area contributed by atoms with Crippen LogP contribution in [0.5, 0.6) is 5.75 Å². The molecule has 0 fully saturated rings. The van der Waals surface area contributed by atoms with Crippen LogP contribution >= 0.6 is 0 Å². The lowest BCUT2D eigenvalue weighted by Gasteiger charge is -2.13. The summed E-state index contributed by atoms with van der Waals surface area (Å²) in [6.07, 6.45) is 0.254. The van der Waals surface area contributed by atoms with Crippen molar-refractivity contribution in [2.24, 2.45) is 0 Å². The Hall–Kier alpha value is -2.16. The van der Waals surface area contributed by atoms with Gasteiger partial charge in [0.1, 0.15) is 18.2 Å². The Bertz CT molecular complexity index is 645. The van der Waals surface area contributed by atoms with E-state index in [2.05, 4.69) is 0 Å². The molecule has 0 amide bonds. The van der Waals surface area contributed by atoms with E-state index in [-0.39, 0.29) is 24.6 Å². The van der Waals surface area contributed by atoms with Crippen LogP contribution in [0.2, 0.25) is 0 Å². The maximum Gasteiger partial charge on any atom is 0.174 e. The molecule has 0 saturated carbocycles. The minimum absolute atomic E-state index is 0.0260. The van der Waals surface area contributed by atoms with Crippen LogP contribution < -0.4 is 4.74 Å². The second-order valence-electron chi connectivity index (χ2n) is 5.28. The van der Waals surface area contributed by atoms with Gasteiger partial charge in [-0.1, -0.05) is 24.3 Å². The molecule has 0 unspecified atom stereocenters. The van der Waals surface area contributed by atoms with Gasteiger partial charge in [0.25, 0.3) is 0 Å². The van der Waals surface area contributed by atoms with Crippen LogP contribution in [0.15, 0.2) is 36.4 Å². The zero-order valence-electron chi connectivity index (χ0n) is 12.6. The monoisotopic (exact) mass is 286 g/mol. The van der Waals surface area contributed by atoms with E-state index in [0.717, 1.165) is 28.0 Å². The number of ketones is 1. The van der Waals surface area contributed by atoms with Crippen molar-refractivity contribution in [3.63, 3.8) is 0 Å². The summed E-state index contributed by atoms with van der Waals surface area (Å²) in [4.78, 5) is 12.0. The number of hydrogen-bond acceptors (Lipinski definition) is 2. The first kappa shape index (κ1) is 15.2.